The van der Waals surface area contributed by atoms with E-state index in [1.54, 1.807) is 0 Å². The summed E-state index contributed by atoms with van der Waals surface area (Å²) in [5.41, 5.74) is 1.23. The lowest BCUT2D eigenvalue weighted by atomic mass is 10.1. The Morgan fingerprint density at radius 1 is 1.35 bits per heavy atom. The Morgan fingerprint density at radius 3 is 2.90 bits per heavy atom. The fourth-order valence-corrected chi connectivity index (χ4v) is 2.68. The van der Waals surface area contributed by atoms with Crippen molar-refractivity contribution in [3.63, 3.8) is 0 Å². The first-order valence-corrected chi connectivity index (χ1v) is 7.64. The molecule has 0 radical (unpaired) electrons. The number of nitrogens with one attached hydrogen (secondary N) is 2. The molecule has 2 N–H and O–H groups in total. The van der Waals surface area contributed by atoms with Crippen molar-refractivity contribution < 1.29 is 0 Å². The van der Waals surface area contributed by atoms with Crippen molar-refractivity contribution in [3.8, 4) is 0 Å². The molecular formula is C14H18BrN5. The number of nitrogens with zero attached hydrogens (tertiary/aromatic N) is 3. The molecule has 6 heteroatoms. The highest BCUT2D eigenvalue weighted by atomic mass is 79.9. The Hall–Kier alpha value is -1.40. The smallest absolute Gasteiger partial charge is 0.244 e. The number of halogens is 1. The Kier molecular flexibility index (Phi) is 4.03. The zero-order valence-electron chi connectivity index (χ0n) is 11.4. The van der Waals surface area contributed by atoms with Crippen molar-refractivity contribution in [2.45, 2.75) is 19.4 Å². The van der Waals surface area contributed by atoms with Gasteiger partial charge in [-0.1, -0.05) is 28.1 Å². The summed E-state index contributed by atoms with van der Waals surface area (Å²) in [5, 5.41) is 10.8. The van der Waals surface area contributed by atoms with Crippen LogP contribution in [0.2, 0.25) is 0 Å². The molecule has 2 heterocycles. The van der Waals surface area contributed by atoms with E-state index in [4.69, 9.17) is 0 Å². The number of anilines is 1. The monoisotopic (exact) mass is 335 g/mol. The molecule has 1 saturated heterocycles. The zero-order valence-corrected chi connectivity index (χ0v) is 13.0. The van der Waals surface area contributed by atoms with Gasteiger partial charge >= 0.3 is 0 Å². The number of H-pyrrole nitrogens is 1. The lowest BCUT2D eigenvalue weighted by molar-refractivity contribution is 0.480. The number of aromatic amines is 1. The third-order valence-electron chi connectivity index (χ3n) is 3.46. The van der Waals surface area contributed by atoms with E-state index >= 15 is 0 Å². The molecule has 0 bridgehead atoms. The first-order chi connectivity index (χ1) is 9.70. The number of piperazine rings is 1. The van der Waals surface area contributed by atoms with Crippen LogP contribution in [0.4, 0.5) is 5.95 Å². The molecule has 106 valence electrons. The average molecular weight is 336 g/mol. The minimum absolute atomic E-state index is 0.483. The van der Waals surface area contributed by atoms with Gasteiger partial charge in [0, 0.05) is 36.6 Å². The molecule has 5 nitrogen and oxygen atoms in total. The molecule has 2 aromatic rings. The van der Waals surface area contributed by atoms with Gasteiger partial charge in [0.15, 0.2) is 0 Å². The van der Waals surface area contributed by atoms with E-state index in [2.05, 4.69) is 60.4 Å². The maximum atomic E-state index is 4.61. The Bertz CT molecular complexity index is 565. The fraction of sp³-hybridized carbons (Fsp3) is 0.429. The van der Waals surface area contributed by atoms with Gasteiger partial charge in [0.1, 0.15) is 5.82 Å². The third kappa shape index (κ3) is 3.19. The summed E-state index contributed by atoms with van der Waals surface area (Å²) in [4.78, 5) is 6.83. The molecular weight excluding hydrogens is 318 g/mol. The largest absolute Gasteiger partial charge is 0.337 e. The standard InChI is InChI=1S/C14H18BrN5/c1-10-9-20(7-6-16-10)14-17-13(18-19-14)8-11-2-4-12(15)5-3-11/h2-5,10,16H,6-9H2,1H3,(H,17,18,19)/t10-/m0/s1. The summed E-state index contributed by atoms with van der Waals surface area (Å²) < 4.78 is 1.09. The summed E-state index contributed by atoms with van der Waals surface area (Å²) in [6.07, 6.45) is 0.780. The number of rotatable bonds is 3. The van der Waals surface area contributed by atoms with Crippen LogP contribution in [0.1, 0.15) is 18.3 Å². The molecule has 1 aromatic carbocycles. The summed E-state index contributed by atoms with van der Waals surface area (Å²) in [5.74, 6) is 1.72. The van der Waals surface area contributed by atoms with E-state index in [0.717, 1.165) is 42.3 Å². The second-order valence-corrected chi connectivity index (χ2v) is 6.10. The molecule has 20 heavy (non-hydrogen) atoms. The Balaban J connectivity index is 1.68. The molecule has 1 atom stereocenters. The van der Waals surface area contributed by atoms with Gasteiger partial charge < -0.3 is 10.2 Å². The van der Waals surface area contributed by atoms with Crippen molar-refractivity contribution in [2.24, 2.45) is 0 Å². The van der Waals surface area contributed by atoms with Crippen molar-refractivity contribution in [1.82, 2.24) is 20.5 Å². The molecule has 3 rings (SSSR count). The van der Waals surface area contributed by atoms with Crippen LogP contribution in [0.25, 0.3) is 0 Å². The topological polar surface area (TPSA) is 56.8 Å². The fourth-order valence-electron chi connectivity index (χ4n) is 2.42. The van der Waals surface area contributed by atoms with Gasteiger partial charge in [0.25, 0.3) is 0 Å². The minimum Gasteiger partial charge on any atom is -0.337 e. The van der Waals surface area contributed by atoms with Gasteiger partial charge in [-0.15, -0.1) is 5.10 Å². The van der Waals surface area contributed by atoms with Gasteiger partial charge in [-0.25, -0.2) is 0 Å². The summed E-state index contributed by atoms with van der Waals surface area (Å²) >= 11 is 3.44. The maximum absolute atomic E-state index is 4.61. The van der Waals surface area contributed by atoms with Crippen LogP contribution in [0.5, 0.6) is 0 Å². The molecule has 0 saturated carbocycles. The second kappa shape index (κ2) is 5.93. The molecule has 0 spiro atoms. The minimum atomic E-state index is 0.483. The van der Waals surface area contributed by atoms with Gasteiger partial charge in [0.05, 0.1) is 0 Å². The first kappa shape index (κ1) is 13.6. The van der Waals surface area contributed by atoms with Crippen molar-refractivity contribution in [1.29, 1.82) is 0 Å². The number of hydrogen-bond donors (Lipinski definition) is 2. The second-order valence-electron chi connectivity index (χ2n) is 5.19. The number of aromatic nitrogens is 3. The van der Waals surface area contributed by atoms with Crippen LogP contribution < -0.4 is 10.2 Å². The summed E-state index contributed by atoms with van der Waals surface area (Å²) in [7, 11) is 0. The quantitative estimate of drug-likeness (QED) is 0.900. The van der Waals surface area contributed by atoms with E-state index in [1.807, 2.05) is 12.1 Å². The van der Waals surface area contributed by atoms with Crippen LogP contribution in [0, 0.1) is 0 Å². The SMILES string of the molecule is C[C@H]1CN(c2n[nH]c(Cc3ccc(Br)cc3)n2)CCN1. The Morgan fingerprint density at radius 2 is 2.15 bits per heavy atom. The van der Waals surface area contributed by atoms with Gasteiger partial charge in [-0.2, -0.15) is 4.98 Å². The highest BCUT2D eigenvalue weighted by molar-refractivity contribution is 9.10. The lowest BCUT2D eigenvalue weighted by Crippen LogP contribution is -2.49. The van der Waals surface area contributed by atoms with Crippen LogP contribution in [0.3, 0.4) is 0 Å². The van der Waals surface area contributed by atoms with E-state index < -0.39 is 0 Å². The van der Waals surface area contributed by atoms with E-state index in [-0.39, 0.29) is 0 Å². The van der Waals surface area contributed by atoms with Crippen molar-refractivity contribution in [2.75, 3.05) is 24.5 Å². The maximum Gasteiger partial charge on any atom is 0.244 e. The predicted molar refractivity (Wildman–Crippen MR) is 83.0 cm³/mol. The normalized spacial score (nSPS) is 19.3. The molecule has 0 unspecified atom stereocenters. The predicted octanol–water partition coefficient (Wildman–Crippen LogP) is 1.96. The summed E-state index contributed by atoms with van der Waals surface area (Å²) in [6, 6.07) is 8.77. The van der Waals surface area contributed by atoms with Crippen LogP contribution in [0.15, 0.2) is 28.7 Å². The lowest BCUT2D eigenvalue weighted by Gasteiger charge is -2.30. The highest BCUT2D eigenvalue weighted by Crippen LogP contribution is 2.15. The van der Waals surface area contributed by atoms with Gasteiger partial charge in [0.2, 0.25) is 5.95 Å². The van der Waals surface area contributed by atoms with Gasteiger partial charge in [-0.05, 0) is 24.6 Å². The molecule has 1 aliphatic rings. The third-order valence-corrected chi connectivity index (χ3v) is 3.99. The van der Waals surface area contributed by atoms with Crippen LogP contribution in [-0.4, -0.2) is 40.9 Å². The molecule has 1 aliphatic heterocycles. The van der Waals surface area contributed by atoms with Crippen LogP contribution in [-0.2, 0) is 6.42 Å². The van der Waals surface area contributed by atoms with Crippen molar-refractivity contribution in [3.05, 3.63) is 40.1 Å². The highest BCUT2D eigenvalue weighted by Gasteiger charge is 2.19. The number of hydrogen-bond acceptors (Lipinski definition) is 4. The summed E-state index contributed by atoms with van der Waals surface area (Å²) in [6.45, 7) is 5.08. The average Bonchev–Trinajstić information content (AvgIpc) is 2.90. The molecule has 1 fully saturated rings. The Labute approximate surface area is 126 Å². The molecule has 0 amide bonds. The molecule has 0 aliphatic carbocycles. The van der Waals surface area contributed by atoms with Gasteiger partial charge in [-0.3, -0.25) is 5.10 Å². The molecule has 1 aromatic heterocycles. The first-order valence-electron chi connectivity index (χ1n) is 6.85. The van der Waals surface area contributed by atoms with E-state index in [9.17, 15) is 0 Å². The number of benzene rings is 1. The van der Waals surface area contributed by atoms with Crippen LogP contribution >= 0.6 is 15.9 Å². The zero-order chi connectivity index (χ0) is 13.9. The van der Waals surface area contributed by atoms with E-state index in [0.29, 0.717) is 6.04 Å². The van der Waals surface area contributed by atoms with E-state index in [1.165, 1.54) is 5.56 Å². The van der Waals surface area contributed by atoms with Crippen molar-refractivity contribution >= 4 is 21.9 Å².